The number of anilines is 3. The first-order chi connectivity index (χ1) is 21.0. The van der Waals surface area contributed by atoms with Gasteiger partial charge in [-0.1, -0.05) is 49.4 Å². The minimum atomic E-state index is -3.49. The second kappa shape index (κ2) is 11.2. The van der Waals surface area contributed by atoms with E-state index in [0.717, 1.165) is 17.5 Å². The number of nitrogens with zero attached hydrogens (tertiary/aromatic N) is 3. The molecule has 8 nitrogen and oxygen atoms in total. The molecule has 0 unspecified atom stereocenters. The predicted molar refractivity (Wildman–Crippen MR) is 169 cm³/mol. The standard InChI is InChI=1S/C34H38FN3O5Si/c1-22-32(44(3,4)35)30(18-31(41)37-19-24-11-9-8-10-23(24)16-27(37)20-39)43-34(22)28-17-26(14-15-29(28)36(2)33(34)42)38(21-40)25-12-6-5-7-13-25/h5-15,17,21-22,27,30,32,39H,16,18-20H2,1-4H3/t22-,27-,30+,32-,34+/m0/s1. The first-order valence-corrected chi connectivity index (χ1v) is 18.0. The fourth-order valence-electron chi connectivity index (χ4n) is 7.68. The first kappa shape index (κ1) is 30.2. The molecule has 1 fully saturated rings. The van der Waals surface area contributed by atoms with Gasteiger partial charge in [0.15, 0.2) is 5.60 Å². The van der Waals surface area contributed by atoms with Crippen molar-refractivity contribution < 1.29 is 28.3 Å². The molecule has 3 aromatic carbocycles. The lowest BCUT2D eigenvalue weighted by atomic mass is 9.82. The Labute approximate surface area is 258 Å². The van der Waals surface area contributed by atoms with Crippen LogP contribution in [0.5, 0.6) is 0 Å². The van der Waals surface area contributed by atoms with Crippen molar-refractivity contribution in [2.24, 2.45) is 5.92 Å². The number of amides is 3. The van der Waals surface area contributed by atoms with Crippen LogP contribution in [0.1, 0.15) is 30.0 Å². The minimum Gasteiger partial charge on any atom is -0.394 e. The van der Waals surface area contributed by atoms with Gasteiger partial charge in [-0.25, -0.2) is 0 Å². The summed E-state index contributed by atoms with van der Waals surface area (Å²) in [5, 5.41) is 10.2. The van der Waals surface area contributed by atoms with E-state index in [-0.39, 0.29) is 24.8 Å². The van der Waals surface area contributed by atoms with Gasteiger partial charge >= 0.3 is 0 Å². The van der Waals surface area contributed by atoms with Gasteiger partial charge in [-0.2, -0.15) is 0 Å². The number of carbonyl (C=O) groups excluding carboxylic acids is 3. The number of ether oxygens (including phenoxy) is 1. The smallest absolute Gasteiger partial charge is 0.264 e. The second-order valence-electron chi connectivity index (χ2n) is 12.7. The molecule has 230 valence electrons. The maximum atomic E-state index is 16.3. The Kier molecular flexibility index (Phi) is 7.71. The average Bonchev–Trinajstić information content (AvgIpc) is 3.43. The molecule has 0 saturated carbocycles. The third kappa shape index (κ3) is 4.76. The Balaban J connectivity index is 1.37. The number of halogens is 1. The molecule has 1 saturated heterocycles. The maximum absolute atomic E-state index is 16.3. The number of benzene rings is 3. The van der Waals surface area contributed by atoms with Gasteiger partial charge in [0, 0.05) is 42.0 Å². The number of carbonyl (C=O) groups is 3. The van der Waals surface area contributed by atoms with Crippen molar-refractivity contribution in [2.75, 3.05) is 23.5 Å². The van der Waals surface area contributed by atoms with Crippen LogP contribution in [0.25, 0.3) is 0 Å². The van der Waals surface area contributed by atoms with Crippen LogP contribution in [0.4, 0.5) is 21.2 Å². The molecule has 3 heterocycles. The normalized spacial score (nSPS) is 26.1. The lowest BCUT2D eigenvalue weighted by molar-refractivity contribution is -0.150. The van der Waals surface area contributed by atoms with Gasteiger partial charge in [-0.05, 0) is 61.0 Å². The van der Waals surface area contributed by atoms with E-state index in [4.69, 9.17) is 4.74 Å². The van der Waals surface area contributed by atoms with Crippen LogP contribution in [0, 0.1) is 5.92 Å². The maximum Gasteiger partial charge on any atom is 0.264 e. The van der Waals surface area contributed by atoms with E-state index in [2.05, 4.69) is 0 Å². The molecular formula is C34H38FN3O5Si. The Morgan fingerprint density at radius 2 is 1.77 bits per heavy atom. The molecule has 10 heteroatoms. The van der Waals surface area contributed by atoms with Gasteiger partial charge in [-0.15, -0.1) is 0 Å². The van der Waals surface area contributed by atoms with Gasteiger partial charge in [-0.3, -0.25) is 19.3 Å². The second-order valence-corrected chi connectivity index (χ2v) is 16.5. The van der Waals surface area contributed by atoms with Gasteiger partial charge < -0.3 is 23.8 Å². The third-order valence-corrected chi connectivity index (χ3v) is 12.2. The molecule has 5 atom stereocenters. The lowest BCUT2D eigenvalue weighted by Gasteiger charge is -2.37. The van der Waals surface area contributed by atoms with Crippen LogP contribution in [-0.4, -0.2) is 62.4 Å². The number of aliphatic hydroxyl groups excluding tert-OH is 1. The van der Waals surface area contributed by atoms with Crippen molar-refractivity contribution in [1.82, 2.24) is 4.90 Å². The summed E-state index contributed by atoms with van der Waals surface area (Å²) in [6.07, 6.45) is 0.306. The zero-order valence-corrected chi connectivity index (χ0v) is 26.4. The average molecular weight is 616 g/mol. The summed E-state index contributed by atoms with van der Waals surface area (Å²) >= 11 is 0. The van der Waals surface area contributed by atoms with Gasteiger partial charge in [0.1, 0.15) is 0 Å². The highest BCUT2D eigenvalue weighted by atomic mass is 28.4. The Hall–Kier alpha value is -3.86. The number of hydrogen-bond donors (Lipinski definition) is 1. The molecule has 44 heavy (non-hydrogen) atoms. The topological polar surface area (TPSA) is 90.4 Å². The molecule has 6 rings (SSSR count). The molecule has 0 radical (unpaired) electrons. The van der Waals surface area contributed by atoms with E-state index in [0.29, 0.717) is 35.6 Å². The summed E-state index contributed by atoms with van der Waals surface area (Å²) in [7, 11) is -1.82. The highest BCUT2D eigenvalue weighted by molar-refractivity contribution is 6.72. The number of likely N-dealkylation sites (N-methyl/N-ethyl adjacent to an activating group) is 1. The number of fused-ring (bicyclic) bond motifs is 3. The van der Waals surface area contributed by atoms with Gasteiger partial charge in [0.05, 0.1) is 30.9 Å². The quantitative estimate of drug-likeness (QED) is 0.228. The number of hydrogen-bond acceptors (Lipinski definition) is 5. The van der Waals surface area contributed by atoms with Crippen molar-refractivity contribution in [3.05, 3.63) is 89.5 Å². The molecule has 0 aromatic heterocycles. The Morgan fingerprint density at radius 1 is 1.09 bits per heavy atom. The number of para-hydroxylation sites is 1. The van der Waals surface area contributed by atoms with Crippen LogP contribution in [-0.2, 0) is 37.7 Å². The summed E-state index contributed by atoms with van der Waals surface area (Å²) in [5.41, 5.74) is 2.36. The summed E-state index contributed by atoms with van der Waals surface area (Å²) in [5.74, 6) is -1.12. The zero-order valence-electron chi connectivity index (χ0n) is 25.4. The van der Waals surface area contributed by atoms with E-state index in [1.807, 2.05) is 61.5 Å². The molecule has 3 aliphatic heterocycles. The largest absolute Gasteiger partial charge is 0.394 e. The highest BCUT2D eigenvalue weighted by Crippen LogP contribution is 2.60. The molecular weight excluding hydrogens is 577 g/mol. The summed E-state index contributed by atoms with van der Waals surface area (Å²) in [6, 6.07) is 22.0. The van der Waals surface area contributed by atoms with Gasteiger partial charge in [0.2, 0.25) is 20.7 Å². The zero-order chi connectivity index (χ0) is 31.4. The van der Waals surface area contributed by atoms with E-state index in [9.17, 15) is 19.5 Å². The summed E-state index contributed by atoms with van der Waals surface area (Å²) < 4.78 is 23.0. The van der Waals surface area contributed by atoms with E-state index < -0.39 is 37.6 Å². The fourth-order valence-corrected chi connectivity index (χ4v) is 10.2. The lowest BCUT2D eigenvalue weighted by Crippen LogP contribution is -2.48. The molecule has 0 bridgehead atoms. The van der Waals surface area contributed by atoms with Crippen molar-refractivity contribution in [2.45, 2.75) is 62.7 Å². The summed E-state index contributed by atoms with van der Waals surface area (Å²) in [6.45, 7) is 5.22. The molecule has 3 aliphatic rings. The molecule has 3 aromatic rings. The Morgan fingerprint density at radius 3 is 2.43 bits per heavy atom. The van der Waals surface area contributed by atoms with E-state index in [1.54, 1.807) is 43.2 Å². The molecule has 1 spiro atoms. The Bertz CT molecular complexity index is 1600. The first-order valence-electron chi connectivity index (χ1n) is 15.1. The van der Waals surface area contributed by atoms with Gasteiger partial charge in [0.25, 0.3) is 5.91 Å². The van der Waals surface area contributed by atoms with Crippen LogP contribution in [0.3, 0.4) is 0 Å². The van der Waals surface area contributed by atoms with Crippen LogP contribution in [0.15, 0.2) is 72.8 Å². The van der Waals surface area contributed by atoms with Crippen LogP contribution >= 0.6 is 0 Å². The van der Waals surface area contributed by atoms with Crippen LogP contribution in [0.2, 0.25) is 18.6 Å². The predicted octanol–water partition coefficient (Wildman–Crippen LogP) is 5.07. The number of rotatable bonds is 7. The molecule has 0 aliphatic carbocycles. The summed E-state index contributed by atoms with van der Waals surface area (Å²) in [4.78, 5) is 45.0. The fraction of sp³-hybridized carbons (Fsp3) is 0.382. The molecule has 1 N–H and O–H groups in total. The SMILES string of the molecule is C[C@H]1[C@H]([Si](C)(C)F)[C@@H](CC(=O)N2Cc3ccccc3C[C@H]2CO)O[C@]12C(=O)N(C)c1ccc(N(C=O)c3ccccc3)cc12. The van der Waals surface area contributed by atoms with Crippen molar-refractivity contribution in [1.29, 1.82) is 0 Å². The van der Waals surface area contributed by atoms with E-state index >= 15 is 4.11 Å². The van der Waals surface area contributed by atoms with Crippen molar-refractivity contribution in [3.8, 4) is 0 Å². The molecule has 3 amide bonds. The minimum absolute atomic E-state index is 0.105. The van der Waals surface area contributed by atoms with Crippen molar-refractivity contribution >= 4 is 43.7 Å². The highest BCUT2D eigenvalue weighted by Gasteiger charge is 2.66. The third-order valence-electron chi connectivity index (χ3n) is 9.75. The van der Waals surface area contributed by atoms with Crippen molar-refractivity contribution in [3.63, 3.8) is 0 Å². The number of aliphatic hydroxyl groups is 1. The monoisotopic (exact) mass is 615 g/mol. The van der Waals surface area contributed by atoms with Crippen LogP contribution < -0.4 is 9.80 Å². The van der Waals surface area contributed by atoms with E-state index in [1.165, 1.54) is 9.80 Å².